The fourth-order valence-corrected chi connectivity index (χ4v) is 2.38. The van der Waals surface area contributed by atoms with Gasteiger partial charge in [-0.2, -0.15) is 0 Å². The Kier molecular flexibility index (Phi) is 5.30. The molecule has 1 aliphatic rings. The van der Waals surface area contributed by atoms with Gasteiger partial charge in [0.1, 0.15) is 5.78 Å². The molecule has 1 heterocycles. The van der Waals surface area contributed by atoms with Crippen molar-refractivity contribution < 1.29 is 4.79 Å². The van der Waals surface area contributed by atoms with Gasteiger partial charge in [-0.25, -0.2) is 0 Å². The molecule has 0 atom stereocenters. The number of Topliss-reactive ketones (excluding diaryl/α,β-unsaturated/α-hetero) is 1. The van der Waals surface area contributed by atoms with Gasteiger partial charge in [0, 0.05) is 13.0 Å². The van der Waals surface area contributed by atoms with Crippen molar-refractivity contribution in [1.29, 1.82) is 0 Å². The van der Waals surface area contributed by atoms with Crippen molar-refractivity contribution in [1.82, 2.24) is 4.90 Å². The molecule has 0 spiro atoms. The molecule has 0 bridgehead atoms. The maximum absolute atomic E-state index is 10.9. The second-order valence-electron chi connectivity index (χ2n) is 5.38. The zero-order chi connectivity index (χ0) is 11.3. The predicted molar refractivity (Wildman–Crippen MR) is 63.9 cm³/mol. The second-order valence-corrected chi connectivity index (χ2v) is 5.38. The summed E-state index contributed by atoms with van der Waals surface area (Å²) in [6.45, 7) is 9.97. The van der Waals surface area contributed by atoms with Gasteiger partial charge in [0.25, 0.3) is 0 Å². The minimum absolute atomic E-state index is 0.347. The van der Waals surface area contributed by atoms with Crippen LogP contribution in [0.5, 0.6) is 0 Å². The molecule has 0 aliphatic carbocycles. The minimum Gasteiger partial charge on any atom is -0.303 e. The van der Waals surface area contributed by atoms with Crippen LogP contribution in [0.15, 0.2) is 0 Å². The van der Waals surface area contributed by atoms with Crippen LogP contribution < -0.4 is 0 Å². The smallest absolute Gasteiger partial charge is 0.129 e. The van der Waals surface area contributed by atoms with Gasteiger partial charge in [-0.05, 0) is 51.1 Å². The Morgan fingerprint density at radius 1 is 1.33 bits per heavy atom. The van der Waals surface area contributed by atoms with Gasteiger partial charge in [0.2, 0.25) is 0 Å². The molecule has 2 nitrogen and oxygen atoms in total. The molecule has 0 aromatic rings. The van der Waals surface area contributed by atoms with E-state index in [1.165, 1.54) is 32.5 Å². The first-order valence-corrected chi connectivity index (χ1v) is 6.29. The first-order chi connectivity index (χ1) is 7.08. The molecule has 88 valence electrons. The number of ketones is 1. The molecule has 15 heavy (non-hydrogen) atoms. The monoisotopic (exact) mass is 211 g/mol. The summed E-state index contributed by atoms with van der Waals surface area (Å²) in [5.74, 6) is 1.93. The van der Waals surface area contributed by atoms with Gasteiger partial charge in [-0.15, -0.1) is 0 Å². The number of piperidine rings is 1. The number of rotatable bonds is 5. The Morgan fingerprint density at radius 3 is 2.40 bits per heavy atom. The molecule has 0 saturated carbocycles. The highest BCUT2D eigenvalue weighted by Gasteiger charge is 2.19. The van der Waals surface area contributed by atoms with Crippen molar-refractivity contribution >= 4 is 5.78 Å². The molecular weight excluding hydrogens is 186 g/mol. The Labute approximate surface area is 94.0 Å². The molecule has 0 N–H and O–H groups in total. The number of carbonyl (C=O) groups excluding carboxylic acids is 1. The van der Waals surface area contributed by atoms with E-state index in [0.717, 1.165) is 24.7 Å². The summed E-state index contributed by atoms with van der Waals surface area (Å²) in [6, 6.07) is 0. The van der Waals surface area contributed by atoms with E-state index >= 15 is 0 Å². The average molecular weight is 211 g/mol. The Balaban J connectivity index is 2.15. The van der Waals surface area contributed by atoms with Crippen LogP contribution in [0.3, 0.4) is 0 Å². The number of hydrogen-bond donors (Lipinski definition) is 0. The van der Waals surface area contributed by atoms with E-state index in [1.54, 1.807) is 6.92 Å². The number of likely N-dealkylation sites (tertiary alicyclic amines) is 1. The Hall–Kier alpha value is -0.370. The van der Waals surface area contributed by atoms with Crippen LogP contribution in [0, 0.1) is 11.8 Å². The summed E-state index contributed by atoms with van der Waals surface area (Å²) in [5, 5.41) is 0. The van der Waals surface area contributed by atoms with Gasteiger partial charge in [-0.3, -0.25) is 0 Å². The molecule has 0 amide bonds. The summed E-state index contributed by atoms with van der Waals surface area (Å²) in [5.41, 5.74) is 0. The summed E-state index contributed by atoms with van der Waals surface area (Å²) >= 11 is 0. The fourth-order valence-electron chi connectivity index (χ4n) is 2.38. The molecule has 0 radical (unpaired) electrons. The lowest BCUT2D eigenvalue weighted by Crippen LogP contribution is -2.36. The molecule has 1 saturated heterocycles. The van der Waals surface area contributed by atoms with Crippen molar-refractivity contribution in [3.63, 3.8) is 0 Å². The van der Waals surface area contributed by atoms with Crippen molar-refractivity contribution in [3.8, 4) is 0 Å². The summed E-state index contributed by atoms with van der Waals surface area (Å²) < 4.78 is 0. The van der Waals surface area contributed by atoms with Crippen LogP contribution in [-0.4, -0.2) is 30.3 Å². The van der Waals surface area contributed by atoms with Crippen LogP contribution in [-0.2, 0) is 4.79 Å². The highest BCUT2D eigenvalue weighted by molar-refractivity contribution is 5.75. The summed E-state index contributed by atoms with van der Waals surface area (Å²) in [7, 11) is 0. The maximum Gasteiger partial charge on any atom is 0.129 e. The van der Waals surface area contributed by atoms with Crippen molar-refractivity contribution in [2.75, 3.05) is 19.6 Å². The first-order valence-electron chi connectivity index (χ1n) is 6.29. The van der Waals surface area contributed by atoms with Crippen LogP contribution in [0.25, 0.3) is 0 Å². The van der Waals surface area contributed by atoms with Crippen LogP contribution in [0.1, 0.15) is 46.5 Å². The number of hydrogen-bond acceptors (Lipinski definition) is 2. The standard InChI is InChI=1S/C13H25NO/c1-11(2)10-14-8-6-13(7-9-14)5-4-12(3)15/h11,13H,4-10H2,1-3H3. The SMILES string of the molecule is CC(=O)CCC1CCN(CC(C)C)CC1. The second kappa shape index (κ2) is 6.26. The summed E-state index contributed by atoms with van der Waals surface area (Å²) in [4.78, 5) is 13.5. The molecule has 0 unspecified atom stereocenters. The topological polar surface area (TPSA) is 20.3 Å². The predicted octanol–water partition coefficient (Wildman–Crippen LogP) is 2.72. The van der Waals surface area contributed by atoms with E-state index in [9.17, 15) is 4.79 Å². The zero-order valence-corrected chi connectivity index (χ0v) is 10.5. The summed E-state index contributed by atoms with van der Waals surface area (Å²) in [6.07, 6.45) is 4.49. The van der Waals surface area contributed by atoms with E-state index < -0.39 is 0 Å². The van der Waals surface area contributed by atoms with E-state index in [0.29, 0.717) is 5.78 Å². The van der Waals surface area contributed by atoms with E-state index in [2.05, 4.69) is 18.7 Å². The van der Waals surface area contributed by atoms with Crippen LogP contribution in [0.4, 0.5) is 0 Å². The third-order valence-corrected chi connectivity index (χ3v) is 3.24. The Morgan fingerprint density at radius 2 is 1.93 bits per heavy atom. The third kappa shape index (κ3) is 5.31. The minimum atomic E-state index is 0.347. The van der Waals surface area contributed by atoms with Crippen molar-refractivity contribution in [3.05, 3.63) is 0 Å². The normalized spacial score (nSPS) is 19.7. The molecule has 2 heteroatoms. The lowest BCUT2D eigenvalue weighted by Gasteiger charge is -2.32. The molecule has 1 rings (SSSR count). The molecular formula is C13H25NO. The van der Waals surface area contributed by atoms with Crippen molar-refractivity contribution in [2.45, 2.75) is 46.5 Å². The van der Waals surface area contributed by atoms with Gasteiger partial charge in [0.15, 0.2) is 0 Å². The van der Waals surface area contributed by atoms with Crippen molar-refractivity contribution in [2.24, 2.45) is 11.8 Å². The molecule has 0 aromatic heterocycles. The zero-order valence-electron chi connectivity index (χ0n) is 10.5. The highest BCUT2D eigenvalue weighted by atomic mass is 16.1. The maximum atomic E-state index is 10.9. The fraction of sp³-hybridized carbons (Fsp3) is 0.923. The van der Waals surface area contributed by atoms with E-state index in [-0.39, 0.29) is 0 Å². The van der Waals surface area contributed by atoms with Crippen LogP contribution >= 0.6 is 0 Å². The largest absolute Gasteiger partial charge is 0.303 e. The van der Waals surface area contributed by atoms with Gasteiger partial charge >= 0.3 is 0 Å². The lowest BCUT2D eigenvalue weighted by molar-refractivity contribution is -0.117. The lowest BCUT2D eigenvalue weighted by atomic mass is 9.91. The third-order valence-electron chi connectivity index (χ3n) is 3.24. The van der Waals surface area contributed by atoms with E-state index in [1.807, 2.05) is 0 Å². The number of nitrogens with zero attached hydrogens (tertiary/aromatic N) is 1. The quantitative estimate of drug-likeness (QED) is 0.697. The first kappa shape index (κ1) is 12.7. The molecule has 0 aromatic carbocycles. The van der Waals surface area contributed by atoms with Gasteiger partial charge < -0.3 is 9.69 Å². The molecule has 1 aliphatic heterocycles. The number of carbonyl (C=O) groups is 1. The Bertz CT molecular complexity index is 193. The van der Waals surface area contributed by atoms with Crippen LogP contribution in [0.2, 0.25) is 0 Å². The molecule has 1 fully saturated rings. The van der Waals surface area contributed by atoms with Gasteiger partial charge in [-0.1, -0.05) is 13.8 Å². The average Bonchev–Trinajstić information content (AvgIpc) is 2.16. The van der Waals surface area contributed by atoms with E-state index in [4.69, 9.17) is 0 Å². The highest BCUT2D eigenvalue weighted by Crippen LogP contribution is 2.22. The van der Waals surface area contributed by atoms with Gasteiger partial charge in [0.05, 0.1) is 0 Å².